The number of nitrogen functional groups attached to an aromatic ring is 1. The maximum atomic E-state index is 6.23. The highest BCUT2D eigenvalue weighted by atomic mass is 35.5. The smallest absolute Gasteiger partial charge is 0.149 e. The molecule has 0 spiro atoms. The fourth-order valence-electron chi connectivity index (χ4n) is 1.86. The summed E-state index contributed by atoms with van der Waals surface area (Å²) in [6.07, 6.45) is 0. The molecule has 0 unspecified atom stereocenters. The number of halogens is 2. The number of benzene rings is 2. The summed E-state index contributed by atoms with van der Waals surface area (Å²) >= 11 is 12.4. The van der Waals surface area contributed by atoms with Gasteiger partial charge in [0.25, 0.3) is 0 Å². The lowest BCUT2D eigenvalue weighted by Gasteiger charge is -2.14. The Morgan fingerprint density at radius 3 is 2.21 bits per heavy atom. The lowest BCUT2D eigenvalue weighted by molar-refractivity contribution is 0.396. The second-order valence-electron chi connectivity index (χ2n) is 3.90. The SMILES string of the molecule is COc1ccc(-c2ccc(N)cc2Cl)c(OC)c1Cl. The van der Waals surface area contributed by atoms with Crippen LogP contribution in [0.3, 0.4) is 0 Å². The Balaban J connectivity index is 2.65. The molecule has 0 radical (unpaired) electrons. The summed E-state index contributed by atoms with van der Waals surface area (Å²) in [6.45, 7) is 0. The average Bonchev–Trinajstić information content (AvgIpc) is 2.38. The Bertz CT molecular complexity index is 615. The first-order valence-electron chi connectivity index (χ1n) is 5.54. The van der Waals surface area contributed by atoms with Crippen LogP contribution in [0.2, 0.25) is 10.0 Å². The van der Waals surface area contributed by atoms with Gasteiger partial charge in [0.15, 0.2) is 0 Å². The predicted molar refractivity (Wildman–Crippen MR) is 79.4 cm³/mol. The topological polar surface area (TPSA) is 44.5 Å². The van der Waals surface area contributed by atoms with Gasteiger partial charge in [-0.3, -0.25) is 0 Å². The van der Waals surface area contributed by atoms with Crippen LogP contribution in [0, 0.1) is 0 Å². The van der Waals surface area contributed by atoms with Crippen molar-refractivity contribution in [2.75, 3.05) is 20.0 Å². The van der Waals surface area contributed by atoms with E-state index in [9.17, 15) is 0 Å². The molecule has 0 bridgehead atoms. The minimum absolute atomic E-state index is 0.412. The molecular weight excluding hydrogens is 285 g/mol. The molecule has 0 saturated heterocycles. The van der Waals surface area contributed by atoms with Crippen LogP contribution < -0.4 is 15.2 Å². The molecule has 2 aromatic carbocycles. The zero-order chi connectivity index (χ0) is 14.0. The molecule has 0 aliphatic heterocycles. The van der Waals surface area contributed by atoms with Gasteiger partial charge in [-0.05, 0) is 24.3 Å². The Morgan fingerprint density at radius 2 is 1.63 bits per heavy atom. The second kappa shape index (κ2) is 5.59. The highest BCUT2D eigenvalue weighted by molar-refractivity contribution is 6.35. The quantitative estimate of drug-likeness (QED) is 0.861. The summed E-state index contributed by atoms with van der Waals surface area (Å²) in [6, 6.07) is 8.92. The van der Waals surface area contributed by atoms with E-state index >= 15 is 0 Å². The molecule has 100 valence electrons. The molecule has 0 aliphatic carbocycles. The first kappa shape index (κ1) is 13.8. The van der Waals surface area contributed by atoms with E-state index in [0.29, 0.717) is 27.2 Å². The van der Waals surface area contributed by atoms with Crippen LogP contribution in [0.5, 0.6) is 11.5 Å². The van der Waals surface area contributed by atoms with Gasteiger partial charge in [0.05, 0.1) is 19.2 Å². The zero-order valence-electron chi connectivity index (χ0n) is 10.5. The summed E-state index contributed by atoms with van der Waals surface area (Å²) in [5, 5.41) is 0.954. The molecule has 0 aromatic heterocycles. The largest absolute Gasteiger partial charge is 0.495 e. The van der Waals surface area contributed by atoms with Gasteiger partial charge in [-0.25, -0.2) is 0 Å². The molecule has 0 amide bonds. The van der Waals surface area contributed by atoms with Crippen LogP contribution in [-0.2, 0) is 0 Å². The van der Waals surface area contributed by atoms with E-state index in [4.69, 9.17) is 38.4 Å². The van der Waals surface area contributed by atoms with E-state index in [0.717, 1.165) is 11.1 Å². The number of rotatable bonds is 3. The summed E-state index contributed by atoms with van der Waals surface area (Å²) in [4.78, 5) is 0. The minimum Gasteiger partial charge on any atom is -0.495 e. The van der Waals surface area contributed by atoms with Crippen molar-refractivity contribution in [3.63, 3.8) is 0 Å². The van der Waals surface area contributed by atoms with Crippen molar-refractivity contribution < 1.29 is 9.47 Å². The third kappa shape index (κ3) is 2.57. The van der Waals surface area contributed by atoms with Crippen LogP contribution >= 0.6 is 23.2 Å². The van der Waals surface area contributed by atoms with E-state index in [-0.39, 0.29) is 0 Å². The van der Waals surface area contributed by atoms with E-state index in [2.05, 4.69) is 0 Å². The van der Waals surface area contributed by atoms with Crippen LogP contribution in [0.1, 0.15) is 0 Å². The molecule has 0 atom stereocenters. The van der Waals surface area contributed by atoms with Crippen molar-refractivity contribution in [1.29, 1.82) is 0 Å². The van der Waals surface area contributed by atoms with Gasteiger partial charge in [-0.15, -0.1) is 0 Å². The number of hydrogen-bond donors (Lipinski definition) is 1. The first-order valence-corrected chi connectivity index (χ1v) is 6.30. The number of ether oxygens (including phenoxy) is 2. The lowest BCUT2D eigenvalue weighted by atomic mass is 10.0. The minimum atomic E-state index is 0.412. The molecule has 3 nitrogen and oxygen atoms in total. The normalized spacial score (nSPS) is 10.3. The number of anilines is 1. The van der Waals surface area contributed by atoms with Gasteiger partial charge in [0.1, 0.15) is 16.5 Å². The van der Waals surface area contributed by atoms with Crippen molar-refractivity contribution >= 4 is 28.9 Å². The molecule has 0 aliphatic rings. The third-order valence-corrected chi connectivity index (χ3v) is 3.44. The van der Waals surface area contributed by atoms with Crippen molar-refractivity contribution in [2.45, 2.75) is 0 Å². The van der Waals surface area contributed by atoms with E-state index in [1.165, 1.54) is 0 Å². The van der Waals surface area contributed by atoms with Crippen molar-refractivity contribution in [3.8, 4) is 22.6 Å². The lowest BCUT2D eigenvalue weighted by Crippen LogP contribution is -1.93. The maximum Gasteiger partial charge on any atom is 0.149 e. The number of nitrogens with two attached hydrogens (primary N) is 1. The fourth-order valence-corrected chi connectivity index (χ4v) is 2.47. The number of methoxy groups -OCH3 is 2. The van der Waals surface area contributed by atoms with Gasteiger partial charge in [-0.2, -0.15) is 0 Å². The van der Waals surface area contributed by atoms with Crippen LogP contribution in [0.25, 0.3) is 11.1 Å². The van der Waals surface area contributed by atoms with E-state index in [1.807, 2.05) is 12.1 Å². The average molecular weight is 298 g/mol. The summed E-state index contributed by atoms with van der Waals surface area (Å²) in [5.74, 6) is 1.07. The molecule has 19 heavy (non-hydrogen) atoms. The van der Waals surface area contributed by atoms with Gasteiger partial charge >= 0.3 is 0 Å². The Morgan fingerprint density at radius 1 is 0.947 bits per heavy atom. The summed E-state index contributed by atoms with van der Waals surface area (Å²) in [7, 11) is 3.10. The van der Waals surface area contributed by atoms with Gasteiger partial charge in [-0.1, -0.05) is 29.3 Å². The highest BCUT2D eigenvalue weighted by Gasteiger charge is 2.16. The van der Waals surface area contributed by atoms with Gasteiger partial charge in [0, 0.05) is 16.8 Å². The van der Waals surface area contributed by atoms with Crippen LogP contribution in [0.4, 0.5) is 5.69 Å². The Kier molecular flexibility index (Phi) is 4.08. The third-order valence-electron chi connectivity index (χ3n) is 2.77. The molecule has 0 saturated carbocycles. The predicted octanol–water partition coefficient (Wildman–Crippen LogP) is 4.26. The standard InChI is InChI=1S/C14H13Cl2NO2/c1-18-12-6-5-10(14(19-2)13(12)16)9-4-3-8(17)7-11(9)15/h3-7H,17H2,1-2H3. The summed E-state index contributed by atoms with van der Waals surface area (Å²) in [5.41, 5.74) is 7.89. The molecule has 2 rings (SSSR count). The second-order valence-corrected chi connectivity index (χ2v) is 4.69. The highest BCUT2D eigenvalue weighted by Crippen LogP contribution is 2.43. The van der Waals surface area contributed by atoms with Crippen LogP contribution in [0.15, 0.2) is 30.3 Å². The monoisotopic (exact) mass is 297 g/mol. The van der Waals surface area contributed by atoms with Crippen molar-refractivity contribution in [2.24, 2.45) is 0 Å². The van der Waals surface area contributed by atoms with E-state index < -0.39 is 0 Å². The van der Waals surface area contributed by atoms with E-state index in [1.54, 1.807) is 32.4 Å². The molecular formula is C14H13Cl2NO2. The van der Waals surface area contributed by atoms with Crippen molar-refractivity contribution in [1.82, 2.24) is 0 Å². The molecule has 0 fully saturated rings. The Hall–Kier alpha value is -1.58. The fraction of sp³-hybridized carbons (Fsp3) is 0.143. The Labute approximate surface area is 121 Å². The summed E-state index contributed by atoms with van der Waals surface area (Å²) < 4.78 is 10.5. The molecule has 2 N–H and O–H groups in total. The molecule has 0 heterocycles. The molecule has 2 aromatic rings. The maximum absolute atomic E-state index is 6.23. The van der Waals surface area contributed by atoms with Gasteiger partial charge < -0.3 is 15.2 Å². The molecule has 5 heteroatoms. The first-order chi connectivity index (χ1) is 9.08. The van der Waals surface area contributed by atoms with Crippen molar-refractivity contribution in [3.05, 3.63) is 40.4 Å². The zero-order valence-corrected chi connectivity index (χ0v) is 12.0. The van der Waals surface area contributed by atoms with Gasteiger partial charge in [0.2, 0.25) is 0 Å². The number of hydrogen-bond acceptors (Lipinski definition) is 3. The van der Waals surface area contributed by atoms with Crippen LogP contribution in [-0.4, -0.2) is 14.2 Å².